The van der Waals surface area contributed by atoms with Crippen LogP contribution in [-0.4, -0.2) is 33.9 Å². The fourth-order valence-electron chi connectivity index (χ4n) is 3.93. The Kier molecular flexibility index (Phi) is 7.10. The first kappa shape index (κ1) is 20.8. The van der Waals surface area contributed by atoms with Crippen LogP contribution in [0.15, 0.2) is 48.5 Å². The summed E-state index contributed by atoms with van der Waals surface area (Å²) in [6.45, 7) is 2.88. The molecule has 0 saturated carbocycles. The van der Waals surface area contributed by atoms with E-state index < -0.39 is 10.0 Å². The number of hydrogen-bond acceptors (Lipinski definition) is 4. The molecule has 1 aliphatic carbocycles. The van der Waals surface area contributed by atoms with E-state index in [1.54, 1.807) is 6.92 Å². The lowest BCUT2D eigenvalue weighted by Crippen LogP contribution is -2.30. The molecule has 0 radical (unpaired) electrons. The lowest BCUT2D eigenvalue weighted by molar-refractivity contribution is 0.319. The zero-order chi connectivity index (χ0) is 20.0. The molecule has 152 valence electrons. The Morgan fingerprint density at radius 1 is 1.18 bits per heavy atom. The molecule has 0 aromatic heterocycles. The summed E-state index contributed by atoms with van der Waals surface area (Å²) in [6, 6.07) is 16.8. The molecule has 1 aliphatic rings. The third-order valence-electron chi connectivity index (χ3n) is 5.54. The molecule has 2 atom stereocenters. The largest absolute Gasteiger partial charge is 0.492 e. The van der Waals surface area contributed by atoms with Crippen molar-refractivity contribution in [2.75, 3.05) is 25.4 Å². The van der Waals surface area contributed by atoms with E-state index in [-0.39, 0.29) is 12.3 Å². The average Bonchev–Trinajstić information content (AvgIpc) is 2.72. The van der Waals surface area contributed by atoms with Gasteiger partial charge in [0.05, 0.1) is 5.75 Å². The van der Waals surface area contributed by atoms with Crippen LogP contribution in [0, 0.1) is 5.92 Å². The first-order valence-electron chi connectivity index (χ1n) is 9.99. The summed E-state index contributed by atoms with van der Waals surface area (Å²) in [4.78, 5) is 0. The molecule has 0 fully saturated rings. The molecule has 2 aromatic rings. The maximum Gasteiger partial charge on any atom is 0.211 e. The number of rotatable bonds is 9. The van der Waals surface area contributed by atoms with Crippen molar-refractivity contribution in [1.29, 1.82) is 0 Å². The van der Waals surface area contributed by atoms with Gasteiger partial charge in [-0.15, -0.1) is 0 Å². The van der Waals surface area contributed by atoms with E-state index in [2.05, 4.69) is 41.1 Å². The van der Waals surface area contributed by atoms with Crippen molar-refractivity contribution in [1.82, 2.24) is 4.72 Å². The minimum atomic E-state index is -3.19. The number of ether oxygens (including phenoxy) is 1. The van der Waals surface area contributed by atoms with Crippen LogP contribution in [0.5, 0.6) is 5.75 Å². The van der Waals surface area contributed by atoms with Gasteiger partial charge < -0.3 is 10.5 Å². The Labute approximate surface area is 168 Å². The van der Waals surface area contributed by atoms with E-state index in [9.17, 15) is 8.42 Å². The van der Waals surface area contributed by atoms with Crippen LogP contribution in [0.3, 0.4) is 0 Å². The zero-order valence-corrected chi connectivity index (χ0v) is 17.3. The Balaban J connectivity index is 1.73. The monoisotopic (exact) mass is 402 g/mol. The third-order valence-corrected chi connectivity index (χ3v) is 6.95. The van der Waals surface area contributed by atoms with Gasteiger partial charge in [0.15, 0.2) is 0 Å². The Morgan fingerprint density at radius 2 is 1.96 bits per heavy atom. The number of nitrogens with one attached hydrogen (secondary N) is 1. The number of aryl methyl sites for hydroxylation is 1. The van der Waals surface area contributed by atoms with Crippen LogP contribution in [0.2, 0.25) is 0 Å². The van der Waals surface area contributed by atoms with E-state index in [4.69, 9.17) is 10.5 Å². The van der Waals surface area contributed by atoms with E-state index in [0.29, 0.717) is 25.0 Å². The molecule has 0 bridgehead atoms. The van der Waals surface area contributed by atoms with Crippen LogP contribution < -0.4 is 15.2 Å². The van der Waals surface area contributed by atoms with Crippen molar-refractivity contribution in [3.8, 4) is 5.75 Å². The van der Waals surface area contributed by atoms with E-state index in [0.717, 1.165) is 25.0 Å². The Hall–Kier alpha value is -1.89. The summed E-state index contributed by atoms with van der Waals surface area (Å²) >= 11 is 0. The first-order valence-corrected chi connectivity index (χ1v) is 11.6. The van der Waals surface area contributed by atoms with Gasteiger partial charge in [0.2, 0.25) is 10.0 Å². The first-order chi connectivity index (χ1) is 13.5. The number of benzene rings is 2. The fraction of sp³-hybridized carbons (Fsp3) is 0.455. The Bertz CT molecular complexity index is 869. The average molecular weight is 403 g/mol. The van der Waals surface area contributed by atoms with Crippen LogP contribution in [0.25, 0.3) is 0 Å². The van der Waals surface area contributed by atoms with Gasteiger partial charge in [-0.25, -0.2) is 13.1 Å². The molecule has 2 aromatic carbocycles. The van der Waals surface area contributed by atoms with Crippen molar-refractivity contribution in [2.24, 2.45) is 11.7 Å². The van der Waals surface area contributed by atoms with Crippen molar-refractivity contribution in [2.45, 2.75) is 32.1 Å². The molecule has 3 rings (SSSR count). The second-order valence-electron chi connectivity index (χ2n) is 7.34. The minimum absolute atomic E-state index is 0.0769. The van der Waals surface area contributed by atoms with Crippen molar-refractivity contribution < 1.29 is 13.2 Å². The SMILES string of the molecule is CCS(=O)(=O)NCCOc1ccc2c(c1)[C@H](Cc1ccccc1)[C@H](CN)CC2. The lowest BCUT2D eigenvalue weighted by atomic mass is 9.72. The smallest absolute Gasteiger partial charge is 0.211 e. The molecule has 0 unspecified atom stereocenters. The molecule has 28 heavy (non-hydrogen) atoms. The minimum Gasteiger partial charge on any atom is -0.492 e. The molecule has 3 N–H and O–H groups in total. The molecule has 5 nitrogen and oxygen atoms in total. The van der Waals surface area contributed by atoms with Gasteiger partial charge in [-0.05, 0) is 73.4 Å². The predicted molar refractivity (Wildman–Crippen MR) is 113 cm³/mol. The molecule has 0 amide bonds. The van der Waals surface area contributed by atoms with E-state index in [1.165, 1.54) is 16.7 Å². The van der Waals surface area contributed by atoms with Crippen molar-refractivity contribution in [3.05, 3.63) is 65.2 Å². The highest BCUT2D eigenvalue weighted by Crippen LogP contribution is 2.39. The molecule has 0 spiro atoms. The second-order valence-corrected chi connectivity index (χ2v) is 9.43. The maximum absolute atomic E-state index is 11.5. The van der Waals surface area contributed by atoms with E-state index in [1.807, 2.05) is 12.1 Å². The second kappa shape index (κ2) is 9.54. The lowest BCUT2D eigenvalue weighted by Gasteiger charge is -2.33. The summed E-state index contributed by atoms with van der Waals surface area (Å²) in [5, 5.41) is 0. The van der Waals surface area contributed by atoms with Gasteiger partial charge >= 0.3 is 0 Å². The number of fused-ring (bicyclic) bond motifs is 1. The van der Waals surface area contributed by atoms with Gasteiger partial charge in [0.25, 0.3) is 0 Å². The highest BCUT2D eigenvalue weighted by molar-refractivity contribution is 7.89. The number of nitrogens with two attached hydrogens (primary N) is 1. The molecule has 0 saturated heterocycles. The third kappa shape index (κ3) is 5.34. The van der Waals surface area contributed by atoms with Crippen molar-refractivity contribution >= 4 is 10.0 Å². The van der Waals surface area contributed by atoms with E-state index >= 15 is 0 Å². The Morgan fingerprint density at radius 3 is 2.68 bits per heavy atom. The molecular formula is C22H30N2O3S. The highest BCUT2D eigenvalue weighted by Gasteiger charge is 2.29. The number of sulfonamides is 1. The van der Waals surface area contributed by atoms with Gasteiger partial charge in [0, 0.05) is 6.54 Å². The van der Waals surface area contributed by atoms with Crippen LogP contribution in [0.4, 0.5) is 0 Å². The van der Waals surface area contributed by atoms with Gasteiger partial charge in [-0.1, -0.05) is 36.4 Å². The maximum atomic E-state index is 11.5. The highest BCUT2D eigenvalue weighted by atomic mass is 32.2. The molecule has 0 heterocycles. The number of hydrogen-bond donors (Lipinski definition) is 2. The standard InChI is InChI=1S/C22H30N2O3S/c1-2-28(25,26)24-12-13-27-20-11-10-18-8-9-19(16-23)21(22(18)15-20)14-17-6-4-3-5-7-17/h3-7,10-11,15,19,21,24H,2,8-9,12-14,16,23H2,1H3/t19-,21+/m0/s1. The van der Waals surface area contributed by atoms with Gasteiger partial charge in [0.1, 0.15) is 12.4 Å². The van der Waals surface area contributed by atoms with Gasteiger partial charge in [-0.2, -0.15) is 0 Å². The molecule has 0 aliphatic heterocycles. The zero-order valence-electron chi connectivity index (χ0n) is 16.4. The van der Waals surface area contributed by atoms with Gasteiger partial charge in [-0.3, -0.25) is 0 Å². The predicted octanol–water partition coefficient (Wildman–Crippen LogP) is 2.85. The van der Waals surface area contributed by atoms with Crippen LogP contribution in [0.1, 0.15) is 36.0 Å². The van der Waals surface area contributed by atoms with Crippen molar-refractivity contribution in [3.63, 3.8) is 0 Å². The van der Waals surface area contributed by atoms with Crippen LogP contribution >= 0.6 is 0 Å². The molecule has 6 heteroatoms. The normalized spacial score (nSPS) is 19.2. The summed E-state index contributed by atoms with van der Waals surface area (Å²) in [5.74, 6) is 1.69. The topological polar surface area (TPSA) is 81.4 Å². The summed E-state index contributed by atoms with van der Waals surface area (Å²) in [7, 11) is -3.19. The summed E-state index contributed by atoms with van der Waals surface area (Å²) < 4.78 is 31.4. The quantitative estimate of drug-likeness (QED) is 0.632. The summed E-state index contributed by atoms with van der Waals surface area (Å²) in [5.41, 5.74) is 10.1. The van der Waals surface area contributed by atoms with Crippen LogP contribution in [-0.2, 0) is 22.9 Å². The summed E-state index contributed by atoms with van der Waals surface area (Å²) in [6.07, 6.45) is 3.12. The molecular weight excluding hydrogens is 372 g/mol. The fourth-order valence-corrected chi connectivity index (χ4v) is 4.53.